The second kappa shape index (κ2) is 8.63. The Bertz CT molecular complexity index is 612. The summed E-state index contributed by atoms with van der Waals surface area (Å²) in [7, 11) is 0.349. The molecule has 0 aromatic heterocycles. The quantitative estimate of drug-likeness (QED) is 0.571. The minimum Gasteiger partial charge on any atom is -0.496 e. The van der Waals surface area contributed by atoms with Gasteiger partial charge >= 0.3 is 0 Å². The van der Waals surface area contributed by atoms with Crippen molar-refractivity contribution in [1.29, 1.82) is 0 Å². The Morgan fingerprint density at radius 3 is 2.55 bits per heavy atom. The van der Waals surface area contributed by atoms with Crippen molar-refractivity contribution in [2.45, 2.75) is 13.3 Å². The molecule has 0 unspecified atom stereocenters. The molecule has 0 saturated carbocycles. The van der Waals surface area contributed by atoms with Crippen molar-refractivity contribution in [3.63, 3.8) is 0 Å². The summed E-state index contributed by atoms with van der Waals surface area (Å²) >= 11 is 0. The van der Waals surface area contributed by atoms with Crippen molar-refractivity contribution in [2.75, 3.05) is 39.3 Å². The number of nitrogens with zero attached hydrogens (tertiary/aromatic N) is 1. The molecule has 0 aliphatic heterocycles. The van der Waals surface area contributed by atoms with Crippen LogP contribution in [-0.4, -0.2) is 53.6 Å². The number of rotatable bonds is 7. The van der Waals surface area contributed by atoms with E-state index in [9.17, 15) is 8.42 Å². The van der Waals surface area contributed by atoms with Crippen LogP contribution in [-0.2, 0) is 16.3 Å². The van der Waals surface area contributed by atoms with Crippen molar-refractivity contribution in [2.24, 2.45) is 4.99 Å². The molecule has 1 aromatic carbocycles. The van der Waals surface area contributed by atoms with Gasteiger partial charge in [-0.3, -0.25) is 4.99 Å². The molecule has 0 aliphatic carbocycles. The topological polar surface area (TPSA) is 79.8 Å². The molecule has 0 amide bonds. The first-order chi connectivity index (χ1) is 10.4. The molecule has 0 fully saturated rings. The third-order valence-electron chi connectivity index (χ3n) is 3.11. The Labute approximate surface area is 132 Å². The summed E-state index contributed by atoms with van der Waals surface area (Å²) in [4.78, 5) is 4.07. The average molecular weight is 327 g/mol. The highest BCUT2D eigenvalue weighted by Gasteiger charge is 2.05. The number of ether oxygens (including phenoxy) is 1. The van der Waals surface area contributed by atoms with Crippen LogP contribution in [0.1, 0.15) is 11.1 Å². The van der Waals surface area contributed by atoms with Gasteiger partial charge in [0.2, 0.25) is 0 Å². The maximum Gasteiger partial charge on any atom is 0.191 e. The van der Waals surface area contributed by atoms with Crippen LogP contribution in [0.4, 0.5) is 0 Å². The Morgan fingerprint density at radius 2 is 1.95 bits per heavy atom. The van der Waals surface area contributed by atoms with Crippen LogP contribution in [0.25, 0.3) is 0 Å². The number of benzene rings is 1. The van der Waals surface area contributed by atoms with Crippen LogP contribution in [0.3, 0.4) is 0 Å². The molecule has 0 bridgehead atoms. The predicted octanol–water partition coefficient (Wildman–Crippen LogP) is 0.756. The van der Waals surface area contributed by atoms with Gasteiger partial charge in [0.15, 0.2) is 5.96 Å². The van der Waals surface area contributed by atoms with E-state index in [2.05, 4.69) is 21.7 Å². The van der Waals surface area contributed by atoms with Gasteiger partial charge in [0.25, 0.3) is 0 Å². The number of sulfone groups is 1. The molecule has 1 aromatic rings. The van der Waals surface area contributed by atoms with Crippen molar-refractivity contribution < 1.29 is 13.2 Å². The molecule has 6 nitrogen and oxygen atoms in total. The highest BCUT2D eigenvalue weighted by atomic mass is 32.2. The zero-order valence-electron chi connectivity index (χ0n) is 13.6. The lowest BCUT2D eigenvalue weighted by Crippen LogP contribution is -2.40. The molecule has 7 heteroatoms. The van der Waals surface area contributed by atoms with Crippen molar-refractivity contribution >= 4 is 15.8 Å². The highest BCUT2D eigenvalue weighted by Crippen LogP contribution is 2.19. The van der Waals surface area contributed by atoms with E-state index in [1.807, 2.05) is 19.1 Å². The van der Waals surface area contributed by atoms with Gasteiger partial charge < -0.3 is 15.4 Å². The molecule has 22 heavy (non-hydrogen) atoms. The summed E-state index contributed by atoms with van der Waals surface area (Å²) in [5, 5.41) is 6.14. The fourth-order valence-corrected chi connectivity index (χ4v) is 2.47. The Kier molecular flexibility index (Phi) is 7.17. The molecule has 0 radical (unpaired) electrons. The highest BCUT2D eigenvalue weighted by molar-refractivity contribution is 7.90. The van der Waals surface area contributed by atoms with E-state index in [1.165, 1.54) is 11.8 Å². The SMILES string of the molecule is CN=C(NCCc1cc(C)ccc1OC)NCCS(C)(=O)=O. The number of methoxy groups -OCH3 is 1. The summed E-state index contributed by atoms with van der Waals surface area (Å²) in [6.07, 6.45) is 2.01. The number of nitrogens with one attached hydrogen (secondary N) is 2. The lowest BCUT2D eigenvalue weighted by molar-refractivity contribution is 0.409. The van der Waals surface area contributed by atoms with E-state index in [-0.39, 0.29) is 5.75 Å². The number of hydrogen-bond acceptors (Lipinski definition) is 4. The van der Waals surface area contributed by atoms with Gasteiger partial charge in [-0.1, -0.05) is 17.7 Å². The Hall–Kier alpha value is -1.76. The van der Waals surface area contributed by atoms with Gasteiger partial charge in [-0.05, 0) is 25.0 Å². The van der Waals surface area contributed by atoms with E-state index in [1.54, 1.807) is 14.2 Å². The molecule has 1 rings (SSSR count). The second-order valence-corrected chi connectivity index (χ2v) is 7.38. The van der Waals surface area contributed by atoms with Gasteiger partial charge in [-0.15, -0.1) is 0 Å². The molecule has 0 saturated heterocycles. The molecule has 0 atom stereocenters. The van der Waals surface area contributed by atoms with Crippen molar-refractivity contribution in [1.82, 2.24) is 10.6 Å². The van der Waals surface area contributed by atoms with Crippen LogP contribution in [0, 0.1) is 6.92 Å². The van der Waals surface area contributed by atoms with E-state index in [0.717, 1.165) is 17.7 Å². The largest absolute Gasteiger partial charge is 0.496 e. The lowest BCUT2D eigenvalue weighted by Gasteiger charge is -2.13. The smallest absolute Gasteiger partial charge is 0.191 e. The number of hydrogen-bond donors (Lipinski definition) is 2. The molecular formula is C15H25N3O3S. The van der Waals surface area contributed by atoms with Gasteiger partial charge in [0.1, 0.15) is 15.6 Å². The van der Waals surface area contributed by atoms with Gasteiger partial charge in [0.05, 0.1) is 12.9 Å². The van der Waals surface area contributed by atoms with E-state index >= 15 is 0 Å². The fourth-order valence-electron chi connectivity index (χ4n) is 1.99. The summed E-state index contributed by atoms with van der Waals surface area (Å²) in [5.74, 6) is 1.54. The normalized spacial score (nSPS) is 12.1. The molecule has 0 heterocycles. The van der Waals surface area contributed by atoms with Gasteiger partial charge in [-0.25, -0.2) is 8.42 Å². The zero-order chi connectivity index (χ0) is 16.6. The monoisotopic (exact) mass is 327 g/mol. The zero-order valence-corrected chi connectivity index (χ0v) is 14.5. The van der Waals surface area contributed by atoms with E-state index < -0.39 is 9.84 Å². The first kappa shape index (κ1) is 18.3. The predicted molar refractivity (Wildman–Crippen MR) is 90.5 cm³/mol. The van der Waals surface area contributed by atoms with Gasteiger partial charge in [-0.2, -0.15) is 0 Å². The first-order valence-corrected chi connectivity index (χ1v) is 9.17. The van der Waals surface area contributed by atoms with Gasteiger partial charge in [0, 0.05) is 26.4 Å². The number of guanidine groups is 1. The van der Waals surface area contributed by atoms with E-state index in [0.29, 0.717) is 19.0 Å². The molecule has 0 spiro atoms. The first-order valence-electron chi connectivity index (χ1n) is 7.11. The molecule has 2 N–H and O–H groups in total. The van der Waals surface area contributed by atoms with Crippen molar-refractivity contribution in [3.05, 3.63) is 29.3 Å². The molecule has 124 valence electrons. The average Bonchev–Trinajstić information content (AvgIpc) is 2.44. The number of aliphatic imine (C=N–C) groups is 1. The maximum atomic E-state index is 11.1. The summed E-state index contributed by atoms with van der Waals surface area (Å²) in [6, 6.07) is 6.08. The fraction of sp³-hybridized carbons (Fsp3) is 0.533. The maximum absolute atomic E-state index is 11.1. The van der Waals surface area contributed by atoms with Crippen LogP contribution < -0.4 is 15.4 Å². The Morgan fingerprint density at radius 1 is 1.27 bits per heavy atom. The minimum absolute atomic E-state index is 0.0827. The number of aryl methyl sites for hydroxylation is 1. The molecule has 0 aliphatic rings. The standard InChI is InChI=1S/C15H25N3O3S/c1-12-5-6-14(21-3)13(11-12)7-8-17-15(16-2)18-9-10-22(4,19)20/h5-6,11H,7-10H2,1-4H3,(H2,16,17,18). The third kappa shape index (κ3) is 6.80. The lowest BCUT2D eigenvalue weighted by atomic mass is 10.1. The van der Waals surface area contributed by atoms with Crippen LogP contribution in [0.2, 0.25) is 0 Å². The molecular weight excluding hydrogens is 302 g/mol. The second-order valence-electron chi connectivity index (χ2n) is 5.12. The van der Waals surface area contributed by atoms with Crippen molar-refractivity contribution in [3.8, 4) is 5.75 Å². The van der Waals surface area contributed by atoms with Crippen LogP contribution in [0.5, 0.6) is 5.75 Å². The van der Waals surface area contributed by atoms with Crippen LogP contribution >= 0.6 is 0 Å². The summed E-state index contributed by atoms with van der Waals surface area (Å²) in [5.41, 5.74) is 2.31. The van der Waals surface area contributed by atoms with E-state index in [4.69, 9.17) is 4.74 Å². The third-order valence-corrected chi connectivity index (χ3v) is 4.06. The van der Waals surface area contributed by atoms with Crippen LogP contribution in [0.15, 0.2) is 23.2 Å². The summed E-state index contributed by atoms with van der Waals surface area (Å²) < 4.78 is 27.5. The minimum atomic E-state index is -2.97. The Balaban J connectivity index is 2.46. The summed E-state index contributed by atoms with van der Waals surface area (Å²) in [6.45, 7) is 3.06.